The van der Waals surface area contributed by atoms with Gasteiger partial charge in [0.2, 0.25) is 0 Å². The maximum atomic E-state index is 5.78. The molecule has 1 unspecified atom stereocenters. The summed E-state index contributed by atoms with van der Waals surface area (Å²) in [6, 6.07) is 14.1. The van der Waals surface area contributed by atoms with Crippen LogP contribution in [0.25, 0.3) is 0 Å². The van der Waals surface area contributed by atoms with Gasteiger partial charge in [-0.15, -0.1) is 0 Å². The second-order valence-electron chi connectivity index (χ2n) is 4.85. The Bertz CT molecular complexity index is 627. The second kappa shape index (κ2) is 6.39. The molecule has 2 aromatic rings. The molecule has 110 valence electrons. The first-order chi connectivity index (χ1) is 10.3. The predicted molar refractivity (Wildman–Crippen MR) is 85.8 cm³/mol. The molecule has 21 heavy (non-hydrogen) atoms. The van der Waals surface area contributed by atoms with Crippen molar-refractivity contribution in [2.75, 3.05) is 20.3 Å². The van der Waals surface area contributed by atoms with E-state index in [4.69, 9.17) is 14.2 Å². The van der Waals surface area contributed by atoms with Gasteiger partial charge in [0, 0.05) is 10.4 Å². The number of hydrogen-bond acceptors (Lipinski definition) is 3. The number of halogens is 1. The van der Waals surface area contributed by atoms with Crippen LogP contribution in [0.15, 0.2) is 42.5 Å². The molecule has 0 radical (unpaired) electrons. The average Bonchev–Trinajstić information content (AvgIpc) is 2.54. The molecule has 0 fully saturated rings. The first-order valence-corrected chi connectivity index (χ1v) is 7.85. The summed E-state index contributed by atoms with van der Waals surface area (Å²) in [4.78, 5) is 0.144. The van der Waals surface area contributed by atoms with Crippen LogP contribution in [0.4, 0.5) is 0 Å². The van der Waals surface area contributed by atoms with E-state index >= 15 is 0 Å². The van der Waals surface area contributed by atoms with Gasteiger partial charge in [0.15, 0.2) is 11.5 Å². The number of hydrogen-bond donors (Lipinski definition) is 0. The van der Waals surface area contributed by atoms with Crippen molar-refractivity contribution in [3.63, 3.8) is 0 Å². The minimum atomic E-state index is 0.144. The summed E-state index contributed by atoms with van der Waals surface area (Å²) in [5.74, 6) is 2.58. The SMILES string of the molecule is COc1ccccc1CC(Br)c1cccc2c1OCCO2. The molecule has 4 heteroatoms. The quantitative estimate of drug-likeness (QED) is 0.777. The van der Waals surface area contributed by atoms with E-state index in [2.05, 4.69) is 28.1 Å². The molecule has 0 spiro atoms. The van der Waals surface area contributed by atoms with Crippen LogP contribution in [0.5, 0.6) is 17.2 Å². The molecule has 1 aliphatic heterocycles. The molecule has 0 saturated carbocycles. The Morgan fingerprint density at radius 3 is 2.76 bits per heavy atom. The fourth-order valence-electron chi connectivity index (χ4n) is 2.52. The van der Waals surface area contributed by atoms with E-state index in [0.717, 1.165) is 34.8 Å². The number of methoxy groups -OCH3 is 1. The summed E-state index contributed by atoms with van der Waals surface area (Å²) in [6.07, 6.45) is 0.823. The number of alkyl halides is 1. The van der Waals surface area contributed by atoms with Crippen LogP contribution in [-0.2, 0) is 6.42 Å². The molecule has 0 aromatic heterocycles. The van der Waals surface area contributed by atoms with Crippen LogP contribution in [0, 0.1) is 0 Å². The standard InChI is InChI=1S/C17H17BrO3/c1-19-15-7-3-2-5-12(15)11-14(18)13-6-4-8-16-17(13)21-10-9-20-16/h2-8,14H,9-11H2,1H3. The molecule has 1 atom stereocenters. The van der Waals surface area contributed by atoms with Crippen LogP contribution in [0.3, 0.4) is 0 Å². The molecule has 0 bridgehead atoms. The van der Waals surface area contributed by atoms with Crippen LogP contribution in [-0.4, -0.2) is 20.3 Å². The summed E-state index contributed by atoms with van der Waals surface area (Å²) in [5.41, 5.74) is 2.27. The lowest BCUT2D eigenvalue weighted by Gasteiger charge is -2.23. The number of para-hydroxylation sites is 2. The Balaban J connectivity index is 1.87. The third kappa shape index (κ3) is 3.00. The first kappa shape index (κ1) is 14.3. The molecule has 1 aliphatic rings. The number of rotatable bonds is 4. The number of benzene rings is 2. The molecular formula is C17H17BrO3. The van der Waals surface area contributed by atoms with E-state index in [1.807, 2.05) is 30.3 Å². The lowest BCUT2D eigenvalue weighted by molar-refractivity contribution is 0.170. The zero-order valence-electron chi connectivity index (χ0n) is 11.8. The van der Waals surface area contributed by atoms with Crippen molar-refractivity contribution < 1.29 is 14.2 Å². The zero-order chi connectivity index (χ0) is 14.7. The predicted octanol–water partition coefficient (Wildman–Crippen LogP) is 4.15. The Kier molecular flexibility index (Phi) is 4.34. The van der Waals surface area contributed by atoms with Gasteiger partial charge in [-0.2, -0.15) is 0 Å². The largest absolute Gasteiger partial charge is 0.496 e. The Labute approximate surface area is 133 Å². The van der Waals surface area contributed by atoms with E-state index in [0.29, 0.717) is 13.2 Å². The van der Waals surface area contributed by atoms with E-state index in [1.54, 1.807) is 7.11 Å². The lowest BCUT2D eigenvalue weighted by Crippen LogP contribution is -2.17. The number of fused-ring (bicyclic) bond motifs is 1. The van der Waals surface area contributed by atoms with Crippen molar-refractivity contribution in [3.05, 3.63) is 53.6 Å². The monoisotopic (exact) mass is 348 g/mol. The van der Waals surface area contributed by atoms with Crippen molar-refractivity contribution in [1.82, 2.24) is 0 Å². The van der Waals surface area contributed by atoms with Crippen molar-refractivity contribution >= 4 is 15.9 Å². The van der Waals surface area contributed by atoms with Crippen LogP contribution in [0.1, 0.15) is 16.0 Å². The van der Waals surface area contributed by atoms with Crippen molar-refractivity contribution in [3.8, 4) is 17.2 Å². The highest BCUT2D eigenvalue weighted by molar-refractivity contribution is 9.09. The van der Waals surface area contributed by atoms with Gasteiger partial charge in [0.05, 0.1) is 7.11 Å². The van der Waals surface area contributed by atoms with Gasteiger partial charge < -0.3 is 14.2 Å². The van der Waals surface area contributed by atoms with E-state index in [-0.39, 0.29) is 4.83 Å². The third-order valence-electron chi connectivity index (χ3n) is 3.53. The molecule has 0 aliphatic carbocycles. The molecule has 2 aromatic carbocycles. The Morgan fingerprint density at radius 1 is 1.10 bits per heavy atom. The molecule has 0 saturated heterocycles. The minimum Gasteiger partial charge on any atom is -0.496 e. The molecular weight excluding hydrogens is 332 g/mol. The van der Waals surface area contributed by atoms with Gasteiger partial charge in [-0.1, -0.05) is 46.3 Å². The van der Waals surface area contributed by atoms with Gasteiger partial charge in [0.25, 0.3) is 0 Å². The third-order valence-corrected chi connectivity index (χ3v) is 4.34. The molecule has 0 N–H and O–H groups in total. The van der Waals surface area contributed by atoms with Crippen molar-refractivity contribution in [2.45, 2.75) is 11.2 Å². The topological polar surface area (TPSA) is 27.7 Å². The summed E-state index contributed by atoms with van der Waals surface area (Å²) in [6.45, 7) is 1.20. The highest BCUT2D eigenvalue weighted by Gasteiger charge is 2.21. The van der Waals surface area contributed by atoms with Crippen molar-refractivity contribution in [1.29, 1.82) is 0 Å². The van der Waals surface area contributed by atoms with Gasteiger partial charge in [0.1, 0.15) is 19.0 Å². The highest BCUT2D eigenvalue weighted by atomic mass is 79.9. The van der Waals surface area contributed by atoms with Gasteiger partial charge in [-0.05, 0) is 24.1 Å². The molecule has 0 amide bonds. The summed E-state index contributed by atoms with van der Waals surface area (Å²) < 4.78 is 16.8. The van der Waals surface area contributed by atoms with E-state index < -0.39 is 0 Å². The fourth-order valence-corrected chi connectivity index (χ4v) is 3.23. The molecule has 1 heterocycles. The van der Waals surface area contributed by atoms with Crippen LogP contribution in [0.2, 0.25) is 0 Å². The summed E-state index contributed by atoms with van der Waals surface area (Å²) in [5, 5.41) is 0. The first-order valence-electron chi connectivity index (χ1n) is 6.94. The maximum Gasteiger partial charge on any atom is 0.165 e. The summed E-state index contributed by atoms with van der Waals surface area (Å²) >= 11 is 3.77. The maximum absolute atomic E-state index is 5.78. The highest BCUT2D eigenvalue weighted by Crippen LogP contribution is 2.41. The smallest absolute Gasteiger partial charge is 0.165 e. The molecule has 3 rings (SSSR count). The minimum absolute atomic E-state index is 0.144. The van der Waals surface area contributed by atoms with Gasteiger partial charge >= 0.3 is 0 Å². The Hall–Kier alpha value is -1.68. The summed E-state index contributed by atoms with van der Waals surface area (Å²) in [7, 11) is 1.70. The number of ether oxygens (including phenoxy) is 3. The normalized spacial score (nSPS) is 14.6. The van der Waals surface area contributed by atoms with Crippen molar-refractivity contribution in [2.24, 2.45) is 0 Å². The van der Waals surface area contributed by atoms with E-state index in [9.17, 15) is 0 Å². The van der Waals surface area contributed by atoms with E-state index in [1.165, 1.54) is 0 Å². The second-order valence-corrected chi connectivity index (χ2v) is 5.96. The lowest BCUT2D eigenvalue weighted by atomic mass is 10.0. The van der Waals surface area contributed by atoms with Gasteiger partial charge in [-0.3, -0.25) is 0 Å². The van der Waals surface area contributed by atoms with Crippen LogP contribution < -0.4 is 14.2 Å². The zero-order valence-corrected chi connectivity index (χ0v) is 13.4. The molecule has 3 nitrogen and oxygen atoms in total. The average molecular weight is 349 g/mol. The Morgan fingerprint density at radius 2 is 1.90 bits per heavy atom. The van der Waals surface area contributed by atoms with Crippen LogP contribution >= 0.6 is 15.9 Å². The fraction of sp³-hybridized carbons (Fsp3) is 0.294. The van der Waals surface area contributed by atoms with Gasteiger partial charge in [-0.25, -0.2) is 0 Å².